The van der Waals surface area contributed by atoms with Crippen LogP contribution in [0.4, 0.5) is 0 Å². The largest absolute Gasteiger partial charge is 0.472 e. The fraction of sp³-hybridized carbons (Fsp3) is 0.948. The van der Waals surface area contributed by atoms with E-state index in [1.54, 1.807) is 0 Å². The predicted octanol–water partition coefficient (Wildman–Crippen LogP) is 22.4. The van der Waals surface area contributed by atoms with Crippen LogP contribution in [0, 0.1) is 23.7 Å². The Morgan fingerprint density at radius 2 is 0.500 bits per heavy atom. The van der Waals surface area contributed by atoms with Crippen molar-refractivity contribution in [3.63, 3.8) is 0 Å². The van der Waals surface area contributed by atoms with E-state index in [9.17, 15) is 43.2 Å². The van der Waals surface area contributed by atoms with E-state index in [2.05, 4.69) is 55.4 Å². The van der Waals surface area contributed by atoms with Gasteiger partial charge in [0.25, 0.3) is 0 Å². The van der Waals surface area contributed by atoms with E-state index in [-0.39, 0.29) is 25.7 Å². The summed E-state index contributed by atoms with van der Waals surface area (Å²) in [6.07, 6.45) is 51.5. The number of unbranched alkanes of at least 4 members (excludes halogenated alkanes) is 39. The molecule has 4 unspecified atom stereocenters. The summed E-state index contributed by atoms with van der Waals surface area (Å²) in [6, 6.07) is 0. The highest BCUT2D eigenvalue weighted by Gasteiger charge is 2.30. The topological polar surface area (TPSA) is 237 Å². The van der Waals surface area contributed by atoms with Crippen molar-refractivity contribution in [2.24, 2.45) is 23.7 Å². The van der Waals surface area contributed by atoms with Gasteiger partial charge in [-0.1, -0.05) is 338 Å². The van der Waals surface area contributed by atoms with Crippen LogP contribution in [-0.2, 0) is 65.4 Å². The summed E-state index contributed by atoms with van der Waals surface area (Å²) in [5.41, 5.74) is 0. The standard InChI is InChI=1S/C77H150O17P2/c1-9-70(8)56-48-40-32-23-18-16-14-12-10-11-13-15-17-19-24-34-43-51-59-76(81)94-73(64-88-75(80)58-50-42-36-28-31-39-47-55-69(6)7)66-92-96(85,86)90-62-71(78)61-89-95(83,84)91-65-72(63-87-74(79)57-49-41-33-27-26-30-38-46-54-68(4)5)93-77(82)60-52-44-35-25-21-20-22-29-37-45-53-67(2)3/h67-73,78H,9-66H2,1-8H3,(H,83,84)(H,85,86)/t70?,71?,72-,73-/m1/s1. The molecular weight excluding hydrogens is 1260 g/mol. The first-order valence-electron chi connectivity index (χ1n) is 39.7. The molecule has 0 saturated heterocycles. The lowest BCUT2D eigenvalue weighted by atomic mass is 9.99. The molecule has 0 fully saturated rings. The van der Waals surface area contributed by atoms with Crippen molar-refractivity contribution in [2.45, 2.75) is 408 Å². The molecule has 0 aromatic heterocycles. The van der Waals surface area contributed by atoms with E-state index in [4.69, 9.17) is 37.0 Å². The monoisotopic (exact) mass is 1410 g/mol. The summed E-state index contributed by atoms with van der Waals surface area (Å²) in [5.74, 6) is 0.932. The number of ether oxygens (including phenoxy) is 4. The number of phosphoric acid groups is 2. The van der Waals surface area contributed by atoms with Crippen molar-refractivity contribution in [3.8, 4) is 0 Å². The molecule has 0 aliphatic heterocycles. The molecule has 0 spiro atoms. The maximum atomic E-state index is 13.1. The second-order valence-electron chi connectivity index (χ2n) is 29.4. The zero-order valence-corrected chi connectivity index (χ0v) is 64.8. The molecule has 0 amide bonds. The summed E-state index contributed by atoms with van der Waals surface area (Å²) < 4.78 is 68.5. The Hall–Kier alpha value is -1.94. The second-order valence-corrected chi connectivity index (χ2v) is 32.3. The summed E-state index contributed by atoms with van der Waals surface area (Å²) >= 11 is 0. The minimum atomic E-state index is -4.96. The molecule has 570 valence electrons. The van der Waals surface area contributed by atoms with Gasteiger partial charge in [-0.05, 0) is 49.4 Å². The van der Waals surface area contributed by atoms with Crippen LogP contribution in [0.2, 0.25) is 0 Å². The van der Waals surface area contributed by atoms with Gasteiger partial charge in [-0.3, -0.25) is 37.3 Å². The molecule has 0 bridgehead atoms. The molecule has 0 aliphatic carbocycles. The van der Waals surface area contributed by atoms with Gasteiger partial charge in [-0.25, -0.2) is 9.13 Å². The predicted molar refractivity (Wildman–Crippen MR) is 391 cm³/mol. The van der Waals surface area contributed by atoms with Gasteiger partial charge in [0, 0.05) is 25.7 Å². The highest BCUT2D eigenvalue weighted by atomic mass is 31.2. The molecule has 0 aromatic carbocycles. The highest BCUT2D eigenvalue weighted by molar-refractivity contribution is 7.47. The van der Waals surface area contributed by atoms with Crippen molar-refractivity contribution in [1.29, 1.82) is 0 Å². The number of phosphoric ester groups is 2. The van der Waals surface area contributed by atoms with Gasteiger partial charge in [0.2, 0.25) is 0 Å². The van der Waals surface area contributed by atoms with Crippen molar-refractivity contribution in [2.75, 3.05) is 39.6 Å². The molecule has 17 nitrogen and oxygen atoms in total. The number of esters is 4. The molecule has 0 aromatic rings. The van der Waals surface area contributed by atoms with E-state index in [1.165, 1.54) is 186 Å². The van der Waals surface area contributed by atoms with Crippen LogP contribution in [0.5, 0.6) is 0 Å². The fourth-order valence-electron chi connectivity index (χ4n) is 11.7. The van der Waals surface area contributed by atoms with E-state index in [1.807, 2.05) is 0 Å². The van der Waals surface area contributed by atoms with Gasteiger partial charge in [-0.2, -0.15) is 0 Å². The minimum absolute atomic E-state index is 0.105. The Morgan fingerprint density at radius 1 is 0.292 bits per heavy atom. The van der Waals surface area contributed by atoms with Crippen LogP contribution < -0.4 is 0 Å². The van der Waals surface area contributed by atoms with Gasteiger partial charge in [-0.15, -0.1) is 0 Å². The molecule has 0 radical (unpaired) electrons. The number of hydrogen-bond donors (Lipinski definition) is 3. The molecule has 3 N–H and O–H groups in total. The summed E-state index contributed by atoms with van der Waals surface area (Å²) in [4.78, 5) is 72.8. The fourth-order valence-corrected chi connectivity index (χ4v) is 13.3. The minimum Gasteiger partial charge on any atom is -0.462 e. The average molecular weight is 1410 g/mol. The molecule has 0 rings (SSSR count). The van der Waals surface area contributed by atoms with Gasteiger partial charge in [0.15, 0.2) is 12.2 Å². The zero-order chi connectivity index (χ0) is 71.0. The van der Waals surface area contributed by atoms with Gasteiger partial charge >= 0.3 is 39.5 Å². The third-order valence-corrected chi connectivity index (χ3v) is 20.1. The van der Waals surface area contributed by atoms with E-state index >= 15 is 0 Å². The van der Waals surface area contributed by atoms with Gasteiger partial charge < -0.3 is 33.8 Å². The quantitative estimate of drug-likeness (QED) is 0.0222. The van der Waals surface area contributed by atoms with E-state index in [0.29, 0.717) is 31.6 Å². The van der Waals surface area contributed by atoms with Crippen molar-refractivity contribution >= 4 is 39.5 Å². The van der Waals surface area contributed by atoms with Crippen LogP contribution in [0.15, 0.2) is 0 Å². The number of aliphatic hydroxyl groups is 1. The third kappa shape index (κ3) is 69.2. The normalized spacial score (nSPS) is 14.4. The summed E-state index contributed by atoms with van der Waals surface area (Å²) in [7, 11) is -9.91. The first-order valence-corrected chi connectivity index (χ1v) is 42.7. The maximum Gasteiger partial charge on any atom is 0.472 e. The summed E-state index contributed by atoms with van der Waals surface area (Å²) in [5, 5.41) is 10.6. The van der Waals surface area contributed by atoms with Crippen LogP contribution in [-0.4, -0.2) is 96.7 Å². The average Bonchev–Trinajstić information content (AvgIpc) is 1.11. The lowest BCUT2D eigenvalue weighted by molar-refractivity contribution is -0.161. The molecule has 96 heavy (non-hydrogen) atoms. The summed E-state index contributed by atoms with van der Waals surface area (Å²) in [6.45, 7) is 14.2. The highest BCUT2D eigenvalue weighted by Crippen LogP contribution is 2.45. The van der Waals surface area contributed by atoms with E-state index < -0.39 is 97.5 Å². The lowest BCUT2D eigenvalue weighted by Crippen LogP contribution is -2.30. The molecule has 6 atom stereocenters. The molecule has 0 heterocycles. The first-order chi connectivity index (χ1) is 46.1. The van der Waals surface area contributed by atoms with Crippen LogP contribution in [0.25, 0.3) is 0 Å². The Bertz CT molecular complexity index is 1890. The SMILES string of the molecule is CCC(C)CCCCCCCCCCCCCCCCCCCCC(=O)O[C@H](COC(=O)CCCCCCCCCC(C)C)COP(=O)(O)OCC(O)COP(=O)(O)OC[C@@H](COC(=O)CCCCCCCCCCC(C)C)OC(=O)CCCCCCCCCCCCC(C)C. The van der Waals surface area contributed by atoms with Gasteiger partial charge in [0.1, 0.15) is 19.3 Å². The molecule has 19 heteroatoms. The van der Waals surface area contributed by atoms with Crippen LogP contribution >= 0.6 is 15.6 Å². The molecular formula is C77H150O17P2. The number of aliphatic hydroxyl groups excluding tert-OH is 1. The molecule has 0 saturated carbocycles. The third-order valence-electron chi connectivity index (χ3n) is 18.2. The lowest BCUT2D eigenvalue weighted by Gasteiger charge is -2.21. The van der Waals surface area contributed by atoms with Crippen molar-refractivity contribution in [3.05, 3.63) is 0 Å². The van der Waals surface area contributed by atoms with E-state index in [0.717, 1.165) is 114 Å². The Balaban J connectivity index is 5.17. The van der Waals surface area contributed by atoms with Crippen molar-refractivity contribution < 1.29 is 80.2 Å². The Labute approximate surface area is 588 Å². The first kappa shape index (κ1) is 94.1. The number of hydrogen-bond acceptors (Lipinski definition) is 15. The number of carbonyl (C=O) groups is 4. The number of carbonyl (C=O) groups excluding carboxylic acids is 4. The maximum absolute atomic E-state index is 13.1. The Kier molecular flexibility index (Phi) is 65.0. The smallest absolute Gasteiger partial charge is 0.462 e. The Morgan fingerprint density at radius 3 is 0.740 bits per heavy atom. The van der Waals surface area contributed by atoms with Crippen LogP contribution in [0.1, 0.15) is 389 Å². The van der Waals surface area contributed by atoms with Crippen LogP contribution in [0.3, 0.4) is 0 Å². The molecule has 0 aliphatic rings. The zero-order valence-electron chi connectivity index (χ0n) is 63.0. The second kappa shape index (κ2) is 66.3. The number of rotatable bonds is 74. The van der Waals surface area contributed by atoms with Crippen molar-refractivity contribution in [1.82, 2.24) is 0 Å². The van der Waals surface area contributed by atoms with Gasteiger partial charge in [0.05, 0.1) is 26.4 Å².